The summed E-state index contributed by atoms with van der Waals surface area (Å²) in [6, 6.07) is 0.860. The second kappa shape index (κ2) is 7.32. The van der Waals surface area contributed by atoms with E-state index in [2.05, 4.69) is 5.32 Å². The van der Waals surface area contributed by atoms with E-state index in [4.69, 9.17) is 0 Å². The topological polar surface area (TPSA) is 12.0 Å². The molecule has 2 rings (SSSR count). The third-order valence-corrected chi connectivity index (χ3v) is 4.57. The first-order valence-electron chi connectivity index (χ1n) is 7.70. The fourth-order valence-corrected chi connectivity index (χ4v) is 3.52. The zero-order chi connectivity index (χ0) is 11.1. The molecule has 1 N–H and O–H groups in total. The molecule has 94 valence electrons. The van der Waals surface area contributed by atoms with E-state index in [1.807, 2.05) is 0 Å². The number of rotatable bonds is 1. The molecule has 1 atom stereocenters. The second-order valence-electron chi connectivity index (χ2n) is 5.87. The summed E-state index contributed by atoms with van der Waals surface area (Å²) >= 11 is 0. The van der Waals surface area contributed by atoms with Crippen molar-refractivity contribution in [1.29, 1.82) is 0 Å². The molecule has 0 bridgehead atoms. The summed E-state index contributed by atoms with van der Waals surface area (Å²) < 4.78 is 0. The molecule has 2 aliphatic rings. The van der Waals surface area contributed by atoms with Crippen molar-refractivity contribution in [2.75, 3.05) is 6.54 Å². The van der Waals surface area contributed by atoms with Gasteiger partial charge in [-0.05, 0) is 38.1 Å². The highest BCUT2D eigenvalue weighted by molar-refractivity contribution is 4.79. The van der Waals surface area contributed by atoms with Crippen LogP contribution < -0.4 is 5.32 Å². The van der Waals surface area contributed by atoms with Crippen molar-refractivity contribution >= 4 is 0 Å². The maximum Gasteiger partial charge on any atom is 0.00953 e. The Labute approximate surface area is 101 Å². The molecule has 1 aliphatic heterocycles. The van der Waals surface area contributed by atoms with E-state index in [1.54, 1.807) is 0 Å². The summed E-state index contributed by atoms with van der Waals surface area (Å²) in [7, 11) is 0. The van der Waals surface area contributed by atoms with E-state index >= 15 is 0 Å². The van der Waals surface area contributed by atoms with E-state index < -0.39 is 0 Å². The van der Waals surface area contributed by atoms with Gasteiger partial charge in [-0.2, -0.15) is 0 Å². The Morgan fingerprint density at radius 1 is 0.562 bits per heavy atom. The van der Waals surface area contributed by atoms with Gasteiger partial charge < -0.3 is 5.32 Å². The molecule has 0 spiro atoms. The third-order valence-electron chi connectivity index (χ3n) is 4.57. The van der Waals surface area contributed by atoms with Gasteiger partial charge in [-0.15, -0.1) is 0 Å². The first-order chi connectivity index (χ1) is 7.97. The number of hydrogen-bond donors (Lipinski definition) is 1. The summed E-state index contributed by atoms with van der Waals surface area (Å²) in [5.74, 6) is 0.999. The average molecular weight is 223 g/mol. The monoisotopic (exact) mass is 223 g/mol. The zero-order valence-electron chi connectivity index (χ0n) is 10.8. The molecule has 1 heterocycles. The molecule has 16 heavy (non-hydrogen) atoms. The van der Waals surface area contributed by atoms with Gasteiger partial charge in [0.05, 0.1) is 0 Å². The van der Waals surface area contributed by atoms with Gasteiger partial charge >= 0.3 is 0 Å². The standard InChI is InChI=1S/C15H29N/c1-2-6-10-14(11-7-3-1)15-12-8-4-5-9-13-16-15/h14-16H,1-13H2. The van der Waals surface area contributed by atoms with Crippen molar-refractivity contribution in [3.8, 4) is 0 Å². The maximum atomic E-state index is 3.84. The van der Waals surface area contributed by atoms with Crippen LogP contribution in [0.15, 0.2) is 0 Å². The van der Waals surface area contributed by atoms with Gasteiger partial charge in [0.15, 0.2) is 0 Å². The van der Waals surface area contributed by atoms with Crippen LogP contribution in [0.2, 0.25) is 0 Å². The van der Waals surface area contributed by atoms with Crippen LogP contribution in [-0.2, 0) is 0 Å². The summed E-state index contributed by atoms with van der Waals surface area (Å²) in [5, 5.41) is 3.84. The molecule has 0 amide bonds. The first kappa shape index (κ1) is 12.4. The largest absolute Gasteiger partial charge is 0.314 e. The van der Waals surface area contributed by atoms with Gasteiger partial charge in [0, 0.05) is 6.04 Å². The highest BCUT2D eigenvalue weighted by atomic mass is 14.9. The highest BCUT2D eigenvalue weighted by Crippen LogP contribution is 2.27. The molecule has 1 heteroatoms. The Kier molecular flexibility index (Phi) is 5.68. The van der Waals surface area contributed by atoms with Gasteiger partial charge in [0.1, 0.15) is 0 Å². The SMILES string of the molecule is C1CCCC(C2CCCCCCN2)CCC1. The number of nitrogens with one attached hydrogen (secondary N) is 1. The fourth-order valence-electron chi connectivity index (χ4n) is 3.52. The highest BCUT2D eigenvalue weighted by Gasteiger charge is 2.21. The molecule has 1 nitrogen and oxygen atoms in total. The van der Waals surface area contributed by atoms with Crippen LogP contribution in [0.4, 0.5) is 0 Å². The minimum absolute atomic E-state index is 0.860. The predicted molar refractivity (Wildman–Crippen MR) is 70.7 cm³/mol. The molecule has 0 radical (unpaired) electrons. The van der Waals surface area contributed by atoms with E-state index in [0.717, 1.165) is 12.0 Å². The Morgan fingerprint density at radius 3 is 1.88 bits per heavy atom. The van der Waals surface area contributed by atoms with E-state index in [-0.39, 0.29) is 0 Å². The van der Waals surface area contributed by atoms with Crippen LogP contribution in [0.3, 0.4) is 0 Å². The van der Waals surface area contributed by atoms with Crippen LogP contribution in [0.1, 0.15) is 77.0 Å². The lowest BCUT2D eigenvalue weighted by Crippen LogP contribution is -2.38. The second-order valence-corrected chi connectivity index (χ2v) is 5.87. The maximum absolute atomic E-state index is 3.84. The Hall–Kier alpha value is -0.0400. The van der Waals surface area contributed by atoms with Crippen molar-refractivity contribution in [1.82, 2.24) is 5.32 Å². The quantitative estimate of drug-likeness (QED) is 0.700. The molecule has 1 aliphatic carbocycles. The predicted octanol–water partition coefficient (Wildman–Crippen LogP) is 4.27. The summed E-state index contributed by atoms with van der Waals surface area (Å²) in [6.45, 7) is 1.28. The van der Waals surface area contributed by atoms with Crippen molar-refractivity contribution in [2.45, 2.75) is 83.1 Å². The third kappa shape index (κ3) is 4.08. The normalized spacial score (nSPS) is 31.1. The van der Waals surface area contributed by atoms with Crippen LogP contribution in [-0.4, -0.2) is 12.6 Å². The molecule has 2 fully saturated rings. The summed E-state index contributed by atoms with van der Waals surface area (Å²) in [4.78, 5) is 0. The average Bonchev–Trinajstić information content (AvgIpc) is 2.18. The van der Waals surface area contributed by atoms with Crippen molar-refractivity contribution in [3.63, 3.8) is 0 Å². The van der Waals surface area contributed by atoms with E-state index in [1.165, 1.54) is 83.6 Å². The Morgan fingerprint density at radius 2 is 1.12 bits per heavy atom. The van der Waals surface area contributed by atoms with Crippen LogP contribution in [0.5, 0.6) is 0 Å². The molecular formula is C15H29N. The fraction of sp³-hybridized carbons (Fsp3) is 1.00. The van der Waals surface area contributed by atoms with E-state index in [9.17, 15) is 0 Å². The smallest absolute Gasteiger partial charge is 0.00953 e. The lowest BCUT2D eigenvalue weighted by Gasteiger charge is -2.31. The molecule has 1 unspecified atom stereocenters. The zero-order valence-corrected chi connectivity index (χ0v) is 10.8. The molecule has 0 aromatic heterocycles. The van der Waals surface area contributed by atoms with Crippen molar-refractivity contribution in [2.24, 2.45) is 5.92 Å². The summed E-state index contributed by atoms with van der Waals surface area (Å²) in [5.41, 5.74) is 0. The van der Waals surface area contributed by atoms with Crippen molar-refractivity contribution in [3.05, 3.63) is 0 Å². The molecule has 1 saturated carbocycles. The Bertz CT molecular complexity index is 142. The summed E-state index contributed by atoms with van der Waals surface area (Å²) in [6.07, 6.45) is 17.7. The van der Waals surface area contributed by atoms with Crippen molar-refractivity contribution < 1.29 is 0 Å². The molecule has 1 saturated heterocycles. The first-order valence-corrected chi connectivity index (χ1v) is 7.70. The van der Waals surface area contributed by atoms with Gasteiger partial charge in [-0.3, -0.25) is 0 Å². The minimum Gasteiger partial charge on any atom is -0.314 e. The van der Waals surface area contributed by atoms with Crippen LogP contribution >= 0.6 is 0 Å². The van der Waals surface area contributed by atoms with Gasteiger partial charge in [0.25, 0.3) is 0 Å². The molecule has 0 aromatic rings. The Balaban J connectivity index is 1.81. The van der Waals surface area contributed by atoms with Gasteiger partial charge in [-0.1, -0.05) is 51.4 Å². The lowest BCUT2D eigenvalue weighted by molar-refractivity contribution is 0.259. The number of hydrogen-bond acceptors (Lipinski definition) is 1. The van der Waals surface area contributed by atoms with Crippen LogP contribution in [0, 0.1) is 5.92 Å². The van der Waals surface area contributed by atoms with Crippen LogP contribution in [0.25, 0.3) is 0 Å². The van der Waals surface area contributed by atoms with Gasteiger partial charge in [0.2, 0.25) is 0 Å². The molecular weight excluding hydrogens is 194 g/mol. The van der Waals surface area contributed by atoms with E-state index in [0.29, 0.717) is 0 Å². The van der Waals surface area contributed by atoms with Gasteiger partial charge in [-0.25, -0.2) is 0 Å². The minimum atomic E-state index is 0.860. The lowest BCUT2D eigenvalue weighted by atomic mass is 9.83. The molecule has 0 aromatic carbocycles.